The highest BCUT2D eigenvalue weighted by Crippen LogP contribution is 2.44. The highest BCUT2D eigenvalue weighted by Gasteiger charge is 2.32. The van der Waals surface area contributed by atoms with Crippen molar-refractivity contribution in [1.29, 1.82) is 0 Å². The van der Waals surface area contributed by atoms with E-state index < -0.39 is 0 Å². The number of hydrogen-bond acceptors (Lipinski definition) is 8. The van der Waals surface area contributed by atoms with Gasteiger partial charge in [0, 0.05) is 29.5 Å². The molecule has 34 heavy (non-hydrogen) atoms. The Morgan fingerprint density at radius 1 is 1.12 bits per heavy atom. The Kier molecular flexibility index (Phi) is 6.50. The molecule has 0 unspecified atom stereocenters. The summed E-state index contributed by atoms with van der Waals surface area (Å²) >= 11 is 3.27. The van der Waals surface area contributed by atoms with Gasteiger partial charge in [0.1, 0.15) is 10.6 Å². The summed E-state index contributed by atoms with van der Waals surface area (Å²) in [6.45, 7) is 6.79. The summed E-state index contributed by atoms with van der Waals surface area (Å²) in [6.07, 6.45) is 3.91. The molecule has 5 rings (SSSR count). The summed E-state index contributed by atoms with van der Waals surface area (Å²) < 4.78 is 7.34. The van der Waals surface area contributed by atoms with Gasteiger partial charge in [-0.25, -0.2) is 15.0 Å². The summed E-state index contributed by atoms with van der Waals surface area (Å²) in [6, 6.07) is 10.4. The van der Waals surface area contributed by atoms with Gasteiger partial charge in [0.05, 0.1) is 28.1 Å². The van der Waals surface area contributed by atoms with E-state index in [1.807, 2.05) is 12.3 Å². The molecule has 0 radical (unpaired) electrons. The number of nitrogens with zero attached hydrogens (tertiary/aromatic N) is 4. The largest absolute Gasteiger partial charge is 0.370 e. The lowest BCUT2D eigenvalue weighted by atomic mass is 9.88. The summed E-state index contributed by atoms with van der Waals surface area (Å²) in [5.74, 6) is 0.914. The van der Waals surface area contributed by atoms with Crippen molar-refractivity contribution in [3.63, 3.8) is 0 Å². The van der Waals surface area contributed by atoms with E-state index in [1.165, 1.54) is 16.5 Å². The lowest BCUT2D eigenvalue weighted by Gasteiger charge is -2.33. The topological polar surface area (TPSA) is 63.2 Å². The molecule has 4 heterocycles. The highest BCUT2D eigenvalue weighted by molar-refractivity contribution is 7.98. The molecule has 0 aliphatic carbocycles. The fourth-order valence-electron chi connectivity index (χ4n) is 4.50. The van der Waals surface area contributed by atoms with E-state index in [0.29, 0.717) is 6.61 Å². The van der Waals surface area contributed by atoms with E-state index in [2.05, 4.69) is 62.4 Å². The van der Waals surface area contributed by atoms with Crippen LogP contribution in [0.25, 0.3) is 31.7 Å². The molecule has 0 bridgehead atoms. The number of pyridine rings is 1. The van der Waals surface area contributed by atoms with Crippen molar-refractivity contribution in [3.05, 3.63) is 41.5 Å². The van der Waals surface area contributed by atoms with Crippen LogP contribution in [0.15, 0.2) is 35.5 Å². The predicted molar refractivity (Wildman–Crippen MR) is 144 cm³/mol. The van der Waals surface area contributed by atoms with Crippen molar-refractivity contribution >= 4 is 49.3 Å². The summed E-state index contributed by atoms with van der Waals surface area (Å²) in [5.41, 5.74) is 5.42. The van der Waals surface area contributed by atoms with Crippen molar-refractivity contribution in [2.24, 2.45) is 0 Å². The van der Waals surface area contributed by atoms with Gasteiger partial charge < -0.3 is 15.0 Å². The van der Waals surface area contributed by atoms with Crippen molar-refractivity contribution in [3.8, 4) is 11.3 Å². The molecule has 0 saturated heterocycles. The van der Waals surface area contributed by atoms with Gasteiger partial charge in [0.2, 0.25) is 0 Å². The van der Waals surface area contributed by atoms with Crippen LogP contribution in [0.4, 0.5) is 5.82 Å². The maximum Gasteiger partial charge on any atom is 0.189 e. The third-order valence-electron chi connectivity index (χ3n) is 6.17. The van der Waals surface area contributed by atoms with Gasteiger partial charge in [0.25, 0.3) is 0 Å². The second kappa shape index (κ2) is 9.41. The predicted octanol–water partition coefficient (Wildman–Crippen LogP) is 5.84. The third-order valence-corrected chi connectivity index (χ3v) is 7.80. The molecule has 1 aliphatic heterocycles. The van der Waals surface area contributed by atoms with Gasteiger partial charge in [-0.1, -0.05) is 42.1 Å². The number of aromatic nitrogens is 3. The lowest BCUT2D eigenvalue weighted by Crippen LogP contribution is -2.32. The third kappa shape index (κ3) is 4.52. The number of fused-ring (bicyclic) bond motifs is 5. The first-order chi connectivity index (χ1) is 16.4. The van der Waals surface area contributed by atoms with Crippen LogP contribution in [0.1, 0.15) is 31.4 Å². The van der Waals surface area contributed by atoms with Crippen molar-refractivity contribution in [1.82, 2.24) is 19.9 Å². The Balaban J connectivity index is 1.72. The van der Waals surface area contributed by atoms with Crippen LogP contribution in [-0.2, 0) is 17.8 Å². The summed E-state index contributed by atoms with van der Waals surface area (Å²) in [7, 11) is 4.20. The first-order valence-electron chi connectivity index (χ1n) is 11.6. The van der Waals surface area contributed by atoms with Crippen LogP contribution in [0.3, 0.4) is 0 Å². The number of thiophene rings is 1. The number of thioether (sulfide) groups is 1. The van der Waals surface area contributed by atoms with Crippen LogP contribution in [-0.4, -0.2) is 58.9 Å². The van der Waals surface area contributed by atoms with Crippen molar-refractivity contribution in [2.45, 2.75) is 44.1 Å². The Labute approximate surface area is 209 Å². The molecule has 0 saturated carbocycles. The van der Waals surface area contributed by atoms with Gasteiger partial charge in [-0.2, -0.15) is 0 Å². The number of benzene rings is 1. The average molecular weight is 494 g/mol. The van der Waals surface area contributed by atoms with E-state index >= 15 is 0 Å². The minimum absolute atomic E-state index is 0.230. The van der Waals surface area contributed by atoms with E-state index in [0.717, 1.165) is 63.2 Å². The Morgan fingerprint density at radius 2 is 1.91 bits per heavy atom. The Bertz CT molecular complexity index is 1330. The van der Waals surface area contributed by atoms with Crippen LogP contribution < -0.4 is 5.32 Å². The van der Waals surface area contributed by atoms with Crippen LogP contribution in [0, 0.1) is 0 Å². The fraction of sp³-hybridized carbons (Fsp3) is 0.423. The summed E-state index contributed by atoms with van der Waals surface area (Å²) in [4.78, 5) is 18.2. The molecule has 0 spiro atoms. The second-order valence-electron chi connectivity index (χ2n) is 9.61. The maximum absolute atomic E-state index is 6.26. The first-order valence-corrected chi connectivity index (χ1v) is 13.7. The number of hydrogen-bond donors (Lipinski definition) is 1. The summed E-state index contributed by atoms with van der Waals surface area (Å²) in [5, 5.41) is 5.54. The molecule has 1 N–H and O–H groups in total. The quantitative estimate of drug-likeness (QED) is 0.197. The van der Waals surface area contributed by atoms with E-state index in [-0.39, 0.29) is 5.60 Å². The lowest BCUT2D eigenvalue weighted by molar-refractivity contribution is -0.0394. The minimum Gasteiger partial charge on any atom is -0.370 e. The SMILES string of the molecule is CSc1nc(NCCCN(C)C)c2sc3nc(-c4ccccc4)c4c(c3c2n1)CC(C)(C)OC4. The monoisotopic (exact) mass is 493 g/mol. The normalized spacial score (nSPS) is 15.2. The molecule has 0 atom stereocenters. The molecule has 6 nitrogen and oxygen atoms in total. The van der Waals surface area contributed by atoms with Crippen LogP contribution in [0.2, 0.25) is 0 Å². The minimum atomic E-state index is -0.230. The number of anilines is 1. The zero-order valence-corrected chi connectivity index (χ0v) is 22.1. The van der Waals surface area contributed by atoms with Gasteiger partial charge >= 0.3 is 0 Å². The van der Waals surface area contributed by atoms with E-state index in [9.17, 15) is 0 Å². The number of nitrogens with one attached hydrogen (secondary N) is 1. The van der Waals surface area contributed by atoms with Crippen LogP contribution >= 0.6 is 23.1 Å². The van der Waals surface area contributed by atoms with E-state index in [1.54, 1.807) is 23.1 Å². The first kappa shape index (κ1) is 23.5. The molecule has 3 aromatic heterocycles. The molecule has 1 aromatic carbocycles. The van der Waals surface area contributed by atoms with E-state index in [4.69, 9.17) is 19.7 Å². The molecule has 8 heteroatoms. The van der Waals surface area contributed by atoms with Gasteiger partial charge in [0.15, 0.2) is 5.16 Å². The number of ether oxygens (including phenoxy) is 1. The zero-order valence-electron chi connectivity index (χ0n) is 20.4. The Hall–Kier alpha value is -2.26. The molecule has 4 aromatic rings. The van der Waals surface area contributed by atoms with Gasteiger partial charge in [-0.05, 0) is 52.7 Å². The molecule has 0 fully saturated rings. The average Bonchev–Trinajstić information content (AvgIpc) is 3.19. The Morgan fingerprint density at radius 3 is 2.65 bits per heavy atom. The van der Waals surface area contributed by atoms with Gasteiger partial charge in [-0.15, -0.1) is 11.3 Å². The molecule has 1 aliphatic rings. The molecular formula is C26H31N5OS2. The van der Waals surface area contributed by atoms with Crippen molar-refractivity contribution < 1.29 is 4.74 Å². The van der Waals surface area contributed by atoms with Gasteiger partial charge in [-0.3, -0.25) is 0 Å². The second-order valence-corrected chi connectivity index (χ2v) is 11.4. The molecule has 178 valence electrons. The maximum atomic E-state index is 6.26. The number of rotatable bonds is 7. The fourth-order valence-corrected chi connectivity index (χ4v) is 5.98. The molecule has 0 amide bonds. The standard InChI is InChI=1S/C26H31N5OS2/c1-26(2)14-17-18(15-32-26)20(16-10-7-6-8-11-16)28-24-19(17)21-22(34-24)23(30-25(29-21)33-5)27-12-9-13-31(3)4/h6-8,10-11H,9,12-15H2,1-5H3,(H,27,29,30). The zero-order chi connectivity index (χ0) is 23.9. The highest BCUT2D eigenvalue weighted by atomic mass is 32.2. The molecular weight excluding hydrogens is 462 g/mol. The smallest absolute Gasteiger partial charge is 0.189 e. The van der Waals surface area contributed by atoms with Crippen molar-refractivity contribution in [2.75, 3.05) is 38.8 Å². The van der Waals surface area contributed by atoms with Crippen LogP contribution in [0.5, 0.6) is 0 Å².